The van der Waals surface area contributed by atoms with E-state index in [4.69, 9.17) is 4.52 Å². The largest absolute Gasteiger partial charge is 0.354 e. The summed E-state index contributed by atoms with van der Waals surface area (Å²) in [6.07, 6.45) is 4.18. The van der Waals surface area contributed by atoms with Crippen molar-refractivity contribution in [3.63, 3.8) is 0 Å². The minimum Gasteiger partial charge on any atom is -0.354 e. The van der Waals surface area contributed by atoms with Crippen molar-refractivity contribution >= 4 is 5.82 Å². The number of piperazine rings is 1. The predicted octanol–water partition coefficient (Wildman–Crippen LogP) is 1.42. The Kier molecular flexibility index (Phi) is 2.88. The second-order valence-electron chi connectivity index (χ2n) is 5.37. The molecule has 104 valence electrons. The second kappa shape index (κ2) is 4.86. The highest BCUT2D eigenvalue weighted by Gasteiger charge is 2.29. The summed E-state index contributed by atoms with van der Waals surface area (Å²) in [6, 6.07) is 3.96. The number of hydrogen-bond donors (Lipinski definition) is 1. The van der Waals surface area contributed by atoms with Crippen LogP contribution in [0.15, 0.2) is 22.9 Å². The minimum absolute atomic E-state index is 0.516. The molecule has 3 heterocycles. The average molecular weight is 271 g/mol. The van der Waals surface area contributed by atoms with Gasteiger partial charge in [-0.2, -0.15) is 4.98 Å². The highest BCUT2D eigenvalue weighted by atomic mass is 16.5. The van der Waals surface area contributed by atoms with Crippen LogP contribution in [0.5, 0.6) is 0 Å². The van der Waals surface area contributed by atoms with Crippen LogP contribution in [0, 0.1) is 0 Å². The van der Waals surface area contributed by atoms with Crippen molar-refractivity contribution in [2.24, 2.45) is 0 Å². The molecule has 0 amide bonds. The molecule has 0 spiro atoms. The minimum atomic E-state index is 0.516. The molecule has 0 radical (unpaired) electrons. The van der Waals surface area contributed by atoms with Crippen LogP contribution in [0.1, 0.15) is 24.6 Å². The van der Waals surface area contributed by atoms with Gasteiger partial charge in [0.25, 0.3) is 5.89 Å². The molecular formula is C14H17N5O. The molecule has 6 nitrogen and oxygen atoms in total. The van der Waals surface area contributed by atoms with Gasteiger partial charge in [0, 0.05) is 43.9 Å². The van der Waals surface area contributed by atoms with E-state index in [9.17, 15) is 0 Å². The molecule has 20 heavy (non-hydrogen) atoms. The van der Waals surface area contributed by atoms with Crippen LogP contribution >= 0.6 is 0 Å². The standard InChI is InChI=1S/C14H17N5O/c1-2-10(1)13-17-14(20-18-13)11-3-4-16-12(9-11)19-7-5-15-6-8-19/h3-4,9-10,15H,1-2,5-8H2. The van der Waals surface area contributed by atoms with Gasteiger partial charge in [0.15, 0.2) is 5.82 Å². The molecule has 0 atom stereocenters. The number of pyridine rings is 1. The Bertz CT molecular complexity index is 601. The summed E-state index contributed by atoms with van der Waals surface area (Å²) in [5.41, 5.74) is 0.952. The summed E-state index contributed by atoms with van der Waals surface area (Å²) in [6.45, 7) is 3.96. The third-order valence-electron chi connectivity index (χ3n) is 3.82. The molecule has 2 fully saturated rings. The van der Waals surface area contributed by atoms with Gasteiger partial charge in [0.05, 0.1) is 0 Å². The summed E-state index contributed by atoms with van der Waals surface area (Å²) in [5, 5.41) is 7.41. The Morgan fingerprint density at radius 1 is 1.25 bits per heavy atom. The number of rotatable bonds is 3. The number of nitrogens with zero attached hydrogens (tertiary/aromatic N) is 4. The zero-order chi connectivity index (χ0) is 13.4. The molecular weight excluding hydrogens is 254 g/mol. The van der Waals surface area contributed by atoms with Gasteiger partial charge in [0.2, 0.25) is 0 Å². The lowest BCUT2D eigenvalue weighted by Crippen LogP contribution is -2.43. The monoisotopic (exact) mass is 271 g/mol. The van der Waals surface area contributed by atoms with Crippen LogP contribution < -0.4 is 10.2 Å². The van der Waals surface area contributed by atoms with E-state index in [0.717, 1.165) is 43.4 Å². The molecule has 1 N–H and O–H groups in total. The maximum absolute atomic E-state index is 5.37. The first-order valence-electron chi connectivity index (χ1n) is 7.16. The average Bonchev–Trinajstić information content (AvgIpc) is 3.26. The summed E-state index contributed by atoms with van der Waals surface area (Å²) < 4.78 is 5.37. The van der Waals surface area contributed by atoms with E-state index < -0.39 is 0 Å². The van der Waals surface area contributed by atoms with E-state index in [1.54, 1.807) is 0 Å². The summed E-state index contributed by atoms with van der Waals surface area (Å²) in [4.78, 5) is 11.2. The fourth-order valence-corrected chi connectivity index (χ4v) is 2.48. The number of hydrogen-bond acceptors (Lipinski definition) is 6. The molecule has 1 saturated heterocycles. The molecule has 6 heteroatoms. The van der Waals surface area contributed by atoms with Gasteiger partial charge in [0.1, 0.15) is 5.82 Å². The molecule has 2 aromatic heterocycles. The molecule has 2 aromatic rings. The van der Waals surface area contributed by atoms with Gasteiger partial charge in [-0.3, -0.25) is 0 Å². The zero-order valence-corrected chi connectivity index (χ0v) is 11.2. The first-order chi connectivity index (χ1) is 9.90. The predicted molar refractivity (Wildman–Crippen MR) is 74.6 cm³/mol. The first-order valence-corrected chi connectivity index (χ1v) is 7.16. The lowest BCUT2D eigenvalue weighted by molar-refractivity contribution is 0.422. The topological polar surface area (TPSA) is 67.1 Å². The van der Waals surface area contributed by atoms with Gasteiger partial charge in [-0.25, -0.2) is 4.98 Å². The van der Waals surface area contributed by atoms with Crippen molar-refractivity contribution in [3.8, 4) is 11.5 Å². The van der Waals surface area contributed by atoms with E-state index >= 15 is 0 Å². The van der Waals surface area contributed by atoms with Crippen LogP contribution in [-0.2, 0) is 0 Å². The highest BCUT2D eigenvalue weighted by Crippen LogP contribution is 2.38. The smallest absolute Gasteiger partial charge is 0.258 e. The van der Waals surface area contributed by atoms with Crippen molar-refractivity contribution in [3.05, 3.63) is 24.2 Å². The molecule has 0 aromatic carbocycles. The van der Waals surface area contributed by atoms with E-state index in [1.807, 2.05) is 18.3 Å². The van der Waals surface area contributed by atoms with Crippen LogP contribution in [0.2, 0.25) is 0 Å². The third-order valence-corrected chi connectivity index (χ3v) is 3.82. The van der Waals surface area contributed by atoms with Gasteiger partial charge >= 0.3 is 0 Å². The normalized spacial score (nSPS) is 19.3. The SMILES string of the molecule is c1cc(-c2nc(C3CC3)no2)cc(N2CCNCC2)n1. The Morgan fingerprint density at radius 2 is 2.10 bits per heavy atom. The Hall–Kier alpha value is -1.95. The van der Waals surface area contributed by atoms with Gasteiger partial charge in [-0.1, -0.05) is 5.16 Å². The van der Waals surface area contributed by atoms with Crippen LogP contribution in [0.3, 0.4) is 0 Å². The van der Waals surface area contributed by atoms with Crippen LogP contribution in [-0.4, -0.2) is 41.3 Å². The van der Waals surface area contributed by atoms with Crippen LogP contribution in [0.4, 0.5) is 5.82 Å². The number of nitrogens with one attached hydrogen (secondary N) is 1. The molecule has 1 aliphatic heterocycles. The second-order valence-corrected chi connectivity index (χ2v) is 5.37. The fraction of sp³-hybridized carbons (Fsp3) is 0.500. The van der Waals surface area contributed by atoms with E-state index in [1.165, 1.54) is 12.8 Å². The highest BCUT2D eigenvalue weighted by molar-refractivity contribution is 5.58. The lowest BCUT2D eigenvalue weighted by atomic mass is 10.2. The van der Waals surface area contributed by atoms with Crippen molar-refractivity contribution < 1.29 is 4.52 Å². The Labute approximate surface area is 117 Å². The van der Waals surface area contributed by atoms with E-state index in [0.29, 0.717) is 11.8 Å². The van der Waals surface area contributed by atoms with E-state index in [2.05, 4.69) is 25.3 Å². The Morgan fingerprint density at radius 3 is 2.90 bits per heavy atom. The maximum Gasteiger partial charge on any atom is 0.258 e. The lowest BCUT2D eigenvalue weighted by Gasteiger charge is -2.28. The summed E-state index contributed by atoms with van der Waals surface area (Å²) in [5.74, 6) is 2.95. The van der Waals surface area contributed by atoms with E-state index in [-0.39, 0.29) is 0 Å². The van der Waals surface area contributed by atoms with Crippen molar-refractivity contribution in [1.29, 1.82) is 0 Å². The van der Waals surface area contributed by atoms with Crippen molar-refractivity contribution in [2.45, 2.75) is 18.8 Å². The maximum atomic E-state index is 5.37. The van der Waals surface area contributed by atoms with Gasteiger partial charge < -0.3 is 14.7 Å². The third kappa shape index (κ3) is 2.27. The first kappa shape index (κ1) is 11.8. The van der Waals surface area contributed by atoms with Gasteiger partial charge in [-0.05, 0) is 25.0 Å². The fourth-order valence-electron chi connectivity index (χ4n) is 2.48. The molecule has 1 aliphatic carbocycles. The molecule has 1 saturated carbocycles. The zero-order valence-electron chi connectivity index (χ0n) is 11.2. The molecule has 0 unspecified atom stereocenters. The molecule has 4 rings (SSSR count). The van der Waals surface area contributed by atoms with Crippen LogP contribution in [0.25, 0.3) is 11.5 Å². The summed E-state index contributed by atoms with van der Waals surface area (Å²) >= 11 is 0. The van der Waals surface area contributed by atoms with Crippen molar-refractivity contribution in [2.75, 3.05) is 31.1 Å². The molecule has 2 aliphatic rings. The summed E-state index contributed by atoms with van der Waals surface area (Å²) in [7, 11) is 0. The number of anilines is 1. The Balaban J connectivity index is 1.60. The number of aromatic nitrogens is 3. The molecule has 0 bridgehead atoms. The quantitative estimate of drug-likeness (QED) is 0.910. The van der Waals surface area contributed by atoms with Crippen molar-refractivity contribution in [1.82, 2.24) is 20.4 Å². The van der Waals surface area contributed by atoms with Gasteiger partial charge in [-0.15, -0.1) is 0 Å².